The first kappa shape index (κ1) is 13.6. The van der Waals surface area contributed by atoms with Gasteiger partial charge in [0.15, 0.2) is 0 Å². The maximum atomic E-state index is 11.8. The third kappa shape index (κ3) is 2.20. The molecule has 0 aromatic heterocycles. The van der Waals surface area contributed by atoms with E-state index in [4.69, 9.17) is 4.43 Å². The number of hydrogen-bond donors (Lipinski definition) is 0. The normalized spacial score (nSPS) is 32.9. The van der Waals surface area contributed by atoms with Crippen molar-refractivity contribution in [3.8, 4) is 0 Å². The van der Waals surface area contributed by atoms with Crippen LogP contribution in [-0.2, 0) is 9.22 Å². The Bertz CT molecular complexity index is 409. The average Bonchev–Trinajstić information content (AvgIpc) is 2.87. The molecule has 0 saturated heterocycles. The second-order valence-electron chi connectivity index (χ2n) is 6.31. The van der Waals surface area contributed by atoms with Crippen molar-refractivity contribution < 1.29 is 9.22 Å². The van der Waals surface area contributed by atoms with Crippen LogP contribution >= 0.6 is 0 Å². The van der Waals surface area contributed by atoms with Gasteiger partial charge in [0.1, 0.15) is 0 Å². The van der Waals surface area contributed by atoms with Crippen molar-refractivity contribution in [3.63, 3.8) is 0 Å². The third-order valence-corrected chi connectivity index (χ3v) is 7.58. The largest absolute Gasteiger partial charge is 0.516 e. The van der Waals surface area contributed by atoms with E-state index in [0.717, 1.165) is 11.8 Å². The van der Waals surface area contributed by atoms with E-state index >= 15 is 0 Å². The van der Waals surface area contributed by atoms with Crippen LogP contribution in [-0.4, -0.2) is 14.3 Å². The van der Waals surface area contributed by atoms with Gasteiger partial charge in [0.05, 0.1) is 0 Å². The van der Waals surface area contributed by atoms with Crippen molar-refractivity contribution in [2.75, 3.05) is 0 Å². The molecule has 2 aliphatic carbocycles. The molecule has 0 aromatic carbocycles. The molecule has 0 spiro atoms. The first-order valence-corrected chi connectivity index (χ1v) is 9.90. The Morgan fingerprint density at radius 1 is 1.44 bits per heavy atom. The van der Waals surface area contributed by atoms with Crippen LogP contribution in [0.15, 0.2) is 23.8 Å². The van der Waals surface area contributed by atoms with Crippen molar-refractivity contribution in [3.05, 3.63) is 23.8 Å². The molecule has 0 aromatic rings. The Hall–Kier alpha value is -0.833. The molecule has 2 saturated carbocycles. The lowest BCUT2D eigenvalue weighted by atomic mass is 9.94. The smallest absolute Gasteiger partial charge is 0.319 e. The molecule has 3 atom stereocenters. The standard InChI is InChI=1S/C15H24O2Si/c1-6-13-11-7-8-12(9-11)14(13)18(4,5)17-15(16)10(2)3/h6,11-12,14H,2,7-9H2,1,3-5H3. The van der Waals surface area contributed by atoms with Gasteiger partial charge in [-0.05, 0) is 58.0 Å². The lowest BCUT2D eigenvalue weighted by Crippen LogP contribution is -2.42. The highest BCUT2D eigenvalue weighted by atomic mass is 28.4. The highest BCUT2D eigenvalue weighted by Crippen LogP contribution is 2.58. The van der Waals surface area contributed by atoms with Gasteiger partial charge < -0.3 is 4.43 Å². The van der Waals surface area contributed by atoms with E-state index in [0.29, 0.717) is 11.1 Å². The number of fused-ring (bicyclic) bond motifs is 2. The molecule has 18 heavy (non-hydrogen) atoms. The summed E-state index contributed by atoms with van der Waals surface area (Å²) in [4.78, 5) is 11.8. The number of carbonyl (C=O) groups excluding carboxylic acids is 1. The summed E-state index contributed by atoms with van der Waals surface area (Å²) in [6.07, 6.45) is 6.23. The summed E-state index contributed by atoms with van der Waals surface area (Å²) in [5.74, 6) is 1.31. The first-order chi connectivity index (χ1) is 8.36. The van der Waals surface area contributed by atoms with E-state index < -0.39 is 8.32 Å². The van der Waals surface area contributed by atoms with Gasteiger partial charge in [0.25, 0.3) is 8.32 Å². The average molecular weight is 264 g/mol. The fourth-order valence-electron chi connectivity index (χ4n) is 3.92. The van der Waals surface area contributed by atoms with E-state index in [2.05, 4.69) is 32.7 Å². The van der Waals surface area contributed by atoms with Crippen molar-refractivity contribution >= 4 is 14.3 Å². The molecule has 0 N–H and O–H groups in total. The molecule has 2 fully saturated rings. The van der Waals surface area contributed by atoms with Crippen molar-refractivity contribution in [2.45, 2.75) is 51.7 Å². The van der Waals surface area contributed by atoms with Crippen LogP contribution in [0.5, 0.6) is 0 Å². The fourth-order valence-corrected chi connectivity index (χ4v) is 7.34. The highest BCUT2D eigenvalue weighted by Gasteiger charge is 2.52. The van der Waals surface area contributed by atoms with Gasteiger partial charge in [-0.15, -0.1) is 0 Å². The van der Waals surface area contributed by atoms with Gasteiger partial charge in [-0.3, -0.25) is 0 Å². The minimum Gasteiger partial charge on any atom is -0.516 e. The molecule has 3 unspecified atom stereocenters. The minimum atomic E-state index is -2.01. The van der Waals surface area contributed by atoms with Crippen molar-refractivity contribution in [1.82, 2.24) is 0 Å². The summed E-state index contributed by atoms with van der Waals surface area (Å²) in [5, 5.41) is 0. The van der Waals surface area contributed by atoms with Crippen LogP contribution < -0.4 is 0 Å². The molecular formula is C15H24O2Si. The van der Waals surface area contributed by atoms with Crippen LogP contribution in [0.1, 0.15) is 33.1 Å². The maximum absolute atomic E-state index is 11.8. The monoisotopic (exact) mass is 264 g/mol. The first-order valence-electron chi connectivity index (χ1n) is 6.91. The van der Waals surface area contributed by atoms with Gasteiger partial charge in [-0.25, -0.2) is 4.79 Å². The van der Waals surface area contributed by atoms with Gasteiger partial charge in [0, 0.05) is 11.1 Å². The molecule has 0 heterocycles. The van der Waals surface area contributed by atoms with Crippen LogP contribution in [0.3, 0.4) is 0 Å². The van der Waals surface area contributed by atoms with E-state index in [1.807, 2.05) is 0 Å². The molecule has 3 heteroatoms. The molecule has 2 aliphatic rings. The molecule has 0 radical (unpaired) electrons. The zero-order valence-corrected chi connectivity index (χ0v) is 13.0. The molecule has 0 amide bonds. The van der Waals surface area contributed by atoms with Crippen molar-refractivity contribution in [1.29, 1.82) is 0 Å². The quantitative estimate of drug-likeness (QED) is 0.436. The summed E-state index contributed by atoms with van der Waals surface area (Å²) < 4.78 is 5.83. The maximum Gasteiger partial charge on any atom is 0.319 e. The number of rotatable bonds is 3. The SMILES string of the molecule is C=C(C)C(=O)O[Si](C)(C)C1C(=CC)C2CCC1C2. The molecule has 100 valence electrons. The Balaban J connectivity index is 2.19. The lowest BCUT2D eigenvalue weighted by molar-refractivity contribution is -0.130. The van der Waals surface area contributed by atoms with Crippen LogP contribution in [0.2, 0.25) is 18.6 Å². The van der Waals surface area contributed by atoms with E-state index in [9.17, 15) is 4.79 Å². The second-order valence-corrected chi connectivity index (χ2v) is 10.3. The Labute approximate surface area is 111 Å². The number of carbonyl (C=O) groups is 1. The summed E-state index contributed by atoms with van der Waals surface area (Å²) in [6.45, 7) is 11.9. The van der Waals surface area contributed by atoms with Gasteiger partial charge >= 0.3 is 5.97 Å². The van der Waals surface area contributed by atoms with E-state index in [1.165, 1.54) is 19.3 Å². The summed E-state index contributed by atoms with van der Waals surface area (Å²) in [5.41, 5.74) is 2.61. The number of allylic oxidation sites excluding steroid dienone is 2. The molecule has 2 nitrogen and oxygen atoms in total. The van der Waals surface area contributed by atoms with Crippen LogP contribution in [0, 0.1) is 11.8 Å². The van der Waals surface area contributed by atoms with Gasteiger partial charge in [0.2, 0.25) is 0 Å². The van der Waals surface area contributed by atoms with Gasteiger partial charge in [-0.2, -0.15) is 0 Å². The van der Waals surface area contributed by atoms with Crippen LogP contribution in [0.25, 0.3) is 0 Å². The third-order valence-electron chi connectivity index (χ3n) is 4.56. The number of hydrogen-bond acceptors (Lipinski definition) is 2. The zero-order valence-electron chi connectivity index (χ0n) is 12.0. The molecule has 2 rings (SSSR count). The molecule has 0 aliphatic heterocycles. The van der Waals surface area contributed by atoms with E-state index in [-0.39, 0.29) is 5.97 Å². The fraction of sp³-hybridized carbons (Fsp3) is 0.667. The summed E-state index contributed by atoms with van der Waals surface area (Å²) in [7, 11) is -2.01. The minimum absolute atomic E-state index is 0.204. The predicted molar refractivity (Wildman–Crippen MR) is 76.7 cm³/mol. The highest BCUT2D eigenvalue weighted by molar-refractivity contribution is 6.75. The van der Waals surface area contributed by atoms with E-state index in [1.54, 1.807) is 12.5 Å². The topological polar surface area (TPSA) is 26.3 Å². The van der Waals surface area contributed by atoms with Crippen molar-refractivity contribution in [2.24, 2.45) is 11.8 Å². The van der Waals surface area contributed by atoms with Gasteiger partial charge in [-0.1, -0.05) is 18.2 Å². The Kier molecular flexibility index (Phi) is 3.54. The summed E-state index contributed by atoms with van der Waals surface area (Å²) >= 11 is 0. The lowest BCUT2D eigenvalue weighted by Gasteiger charge is -2.36. The molecular weight excluding hydrogens is 240 g/mol. The Morgan fingerprint density at radius 2 is 2.11 bits per heavy atom. The molecule has 2 bridgehead atoms. The Morgan fingerprint density at radius 3 is 2.67 bits per heavy atom. The summed E-state index contributed by atoms with van der Waals surface area (Å²) in [6, 6.07) is 0. The zero-order chi connectivity index (χ0) is 13.5. The van der Waals surface area contributed by atoms with Crippen LogP contribution in [0.4, 0.5) is 0 Å². The second kappa shape index (κ2) is 4.69. The predicted octanol–water partition coefficient (Wildman–Crippen LogP) is 4.06.